The summed E-state index contributed by atoms with van der Waals surface area (Å²) in [5.41, 5.74) is 0. The van der Waals surface area contributed by atoms with Gasteiger partial charge in [0, 0.05) is 0 Å². The molecule has 0 aromatic heterocycles. The zero-order valence-electron chi connectivity index (χ0n) is 14.9. The van der Waals surface area contributed by atoms with Gasteiger partial charge in [-0.25, -0.2) is 9.59 Å². The molecule has 0 heterocycles. The van der Waals surface area contributed by atoms with Gasteiger partial charge in [-0.1, -0.05) is 32.4 Å². The SMILES string of the molecule is CC=COC(CCC)C(NC(=O)OCCC)C(N=C=O)OC=CC. The van der Waals surface area contributed by atoms with Crippen molar-refractivity contribution in [1.82, 2.24) is 5.32 Å². The van der Waals surface area contributed by atoms with Crippen LogP contribution in [0.4, 0.5) is 4.79 Å². The first-order valence-corrected chi connectivity index (χ1v) is 8.17. The van der Waals surface area contributed by atoms with Crippen LogP contribution in [-0.2, 0) is 19.0 Å². The van der Waals surface area contributed by atoms with E-state index in [0.717, 1.165) is 6.42 Å². The van der Waals surface area contributed by atoms with E-state index < -0.39 is 24.5 Å². The van der Waals surface area contributed by atoms with Crippen molar-refractivity contribution in [3.05, 3.63) is 24.7 Å². The van der Waals surface area contributed by atoms with Gasteiger partial charge in [0.1, 0.15) is 12.1 Å². The third-order valence-electron chi connectivity index (χ3n) is 2.93. The quantitative estimate of drug-likeness (QED) is 0.334. The summed E-state index contributed by atoms with van der Waals surface area (Å²) in [6.07, 6.45) is 7.94. The second-order valence-electron chi connectivity index (χ2n) is 4.96. The van der Waals surface area contributed by atoms with Crippen molar-refractivity contribution in [2.75, 3.05) is 6.61 Å². The van der Waals surface area contributed by atoms with E-state index in [1.165, 1.54) is 18.6 Å². The number of carbonyl (C=O) groups excluding carboxylic acids is 2. The molecule has 0 aliphatic carbocycles. The van der Waals surface area contributed by atoms with Gasteiger partial charge in [-0.2, -0.15) is 4.99 Å². The summed E-state index contributed by atoms with van der Waals surface area (Å²) in [5, 5.41) is 2.69. The van der Waals surface area contributed by atoms with Crippen LogP contribution in [0.2, 0.25) is 0 Å². The van der Waals surface area contributed by atoms with E-state index >= 15 is 0 Å². The predicted molar refractivity (Wildman–Crippen MR) is 91.0 cm³/mol. The molecule has 0 aliphatic heterocycles. The molecule has 1 amide bonds. The average molecular weight is 340 g/mol. The number of nitrogens with one attached hydrogen (secondary N) is 1. The Bertz CT molecular complexity index is 444. The van der Waals surface area contributed by atoms with E-state index in [-0.39, 0.29) is 0 Å². The highest BCUT2D eigenvalue weighted by molar-refractivity contribution is 5.67. The summed E-state index contributed by atoms with van der Waals surface area (Å²) in [7, 11) is 0. The third kappa shape index (κ3) is 9.00. The Kier molecular flexibility index (Phi) is 13.0. The first kappa shape index (κ1) is 21.7. The predicted octanol–water partition coefficient (Wildman–Crippen LogP) is 3.42. The molecule has 0 saturated heterocycles. The molecule has 1 N–H and O–H groups in total. The molecule has 7 heteroatoms. The molecular weight excluding hydrogens is 312 g/mol. The van der Waals surface area contributed by atoms with Crippen molar-refractivity contribution in [2.24, 2.45) is 4.99 Å². The van der Waals surface area contributed by atoms with Crippen LogP contribution < -0.4 is 5.32 Å². The monoisotopic (exact) mass is 340 g/mol. The topological polar surface area (TPSA) is 86.2 Å². The number of ether oxygens (including phenoxy) is 3. The largest absolute Gasteiger partial charge is 0.496 e. The molecule has 0 aromatic rings. The molecule has 3 atom stereocenters. The molecule has 3 unspecified atom stereocenters. The Morgan fingerprint density at radius 1 is 1.17 bits per heavy atom. The normalized spacial score (nSPS) is 14.7. The number of amides is 1. The highest BCUT2D eigenvalue weighted by Gasteiger charge is 2.33. The van der Waals surface area contributed by atoms with Crippen molar-refractivity contribution >= 4 is 12.2 Å². The van der Waals surface area contributed by atoms with E-state index in [1.54, 1.807) is 19.1 Å². The second kappa shape index (κ2) is 14.3. The third-order valence-corrected chi connectivity index (χ3v) is 2.93. The number of hydrogen-bond donors (Lipinski definition) is 1. The van der Waals surface area contributed by atoms with E-state index in [9.17, 15) is 9.59 Å². The molecule has 136 valence electrons. The number of hydrogen-bond acceptors (Lipinski definition) is 6. The van der Waals surface area contributed by atoms with Crippen molar-refractivity contribution < 1.29 is 23.8 Å². The van der Waals surface area contributed by atoms with Crippen LogP contribution in [0.15, 0.2) is 29.7 Å². The highest BCUT2D eigenvalue weighted by atomic mass is 16.6. The summed E-state index contributed by atoms with van der Waals surface area (Å²) in [5.74, 6) is 0. The maximum absolute atomic E-state index is 12.0. The first-order valence-electron chi connectivity index (χ1n) is 8.17. The van der Waals surface area contributed by atoms with Gasteiger partial charge < -0.3 is 19.5 Å². The van der Waals surface area contributed by atoms with Crippen molar-refractivity contribution in [3.63, 3.8) is 0 Å². The molecule has 0 aromatic carbocycles. The van der Waals surface area contributed by atoms with Gasteiger partial charge in [-0.15, -0.1) is 0 Å². The molecule has 0 aliphatic rings. The summed E-state index contributed by atoms with van der Waals surface area (Å²) in [4.78, 5) is 26.4. The average Bonchev–Trinajstić information content (AvgIpc) is 2.58. The molecule has 7 nitrogen and oxygen atoms in total. The van der Waals surface area contributed by atoms with Gasteiger partial charge in [0.25, 0.3) is 0 Å². The van der Waals surface area contributed by atoms with Gasteiger partial charge in [0.05, 0.1) is 19.1 Å². The number of allylic oxidation sites excluding steroid dienone is 2. The maximum Gasteiger partial charge on any atom is 0.407 e. The Labute approximate surface area is 143 Å². The molecule has 0 rings (SSSR count). The molecular formula is C17H28N2O5. The number of carbonyl (C=O) groups is 1. The summed E-state index contributed by atoms with van der Waals surface area (Å²) < 4.78 is 16.1. The smallest absolute Gasteiger partial charge is 0.407 e. The van der Waals surface area contributed by atoms with Crippen LogP contribution >= 0.6 is 0 Å². The molecule has 24 heavy (non-hydrogen) atoms. The van der Waals surface area contributed by atoms with Crippen LogP contribution in [0.1, 0.15) is 47.0 Å². The highest BCUT2D eigenvalue weighted by Crippen LogP contribution is 2.16. The van der Waals surface area contributed by atoms with Crippen molar-refractivity contribution in [3.8, 4) is 0 Å². The van der Waals surface area contributed by atoms with Crippen LogP contribution in [-0.4, -0.2) is 37.2 Å². The molecule has 0 spiro atoms. The fourth-order valence-electron chi connectivity index (χ4n) is 1.92. The fraction of sp³-hybridized carbons (Fsp3) is 0.647. The number of isocyanates is 1. The first-order chi connectivity index (χ1) is 11.6. The zero-order valence-corrected chi connectivity index (χ0v) is 14.9. The Balaban J connectivity index is 5.38. The maximum atomic E-state index is 12.0. The van der Waals surface area contributed by atoms with Gasteiger partial charge in [-0.05, 0) is 26.7 Å². The van der Waals surface area contributed by atoms with Crippen LogP contribution in [0, 0.1) is 0 Å². The standard InChI is InChI=1S/C17H28N2O5/c1-5-9-14(22-10-6-2)15(19-17(21)24-12-8-4)16(18-13-20)23-11-7-3/h6-7,10-11,14-16H,5,8-9,12H2,1-4H3,(H,19,21). The van der Waals surface area contributed by atoms with E-state index in [2.05, 4.69) is 10.3 Å². The van der Waals surface area contributed by atoms with Gasteiger partial charge in [-0.3, -0.25) is 0 Å². The number of alkyl carbamates (subject to hydrolysis) is 1. The lowest BCUT2D eigenvalue weighted by Gasteiger charge is -2.30. The number of nitrogens with zero attached hydrogens (tertiary/aromatic N) is 1. The Morgan fingerprint density at radius 2 is 1.83 bits per heavy atom. The minimum absolute atomic E-state index is 0.296. The van der Waals surface area contributed by atoms with Gasteiger partial charge in [0.15, 0.2) is 0 Å². The minimum atomic E-state index is -0.963. The molecule has 0 bridgehead atoms. The summed E-state index contributed by atoms with van der Waals surface area (Å²) in [6.45, 7) is 7.76. The van der Waals surface area contributed by atoms with Crippen molar-refractivity contribution in [1.29, 1.82) is 0 Å². The van der Waals surface area contributed by atoms with Crippen LogP contribution in [0.5, 0.6) is 0 Å². The Morgan fingerprint density at radius 3 is 2.38 bits per heavy atom. The van der Waals surface area contributed by atoms with Crippen molar-refractivity contribution in [2.45, 2.75) is 65.3 Å². The lowest BCUT2D eigenvalue weighted by molar-refractivity contribution is 0.0174. The van der Waals surface area contributed by atoms with E-state index in [0.29, 0.717) is 19.4 Å². The van der Waals surface area contributed by atoms with E-state index in [1.807, 2.05) is 20.8 Å². The lowest BCUT2D eigenvalue weighted by Crippen LogP contribution is -2.51. The molecule has 0 saturated carbocycles. The summed E-state index contributed by atoms with van der Waals surface area (Å²) >= 11 is 0. The number of aliphatic imine (C=N–C) groups is 1. The van der Waals surface area contributed by atoms with E-state index in [4.69, 9.17) is 14.2 Å². The molecule has 0 fully saturated rings. The number of rotatable bonds is 12. The van der Waals surface area contributed by atoms with Gasteiger partial charge in [0.2, 0.25) is 12.3 Å². The second-order valence-corrected chi connectivity index (χ2v) is 4.96. The van der Waals surface area contributed by atoms with Crippen LogP contribution in [0.3, 0.4) is 0 Å². The van der Waals surface area contributed by atoms with Crippen LogP contribution in [0.25, 0.3) is 0 Å². The fourth-order valence-corrected chi connectivity index (χ4v) is 1.92. The zero-order chi connectivity index (χ0) is 18.2. The summed E-state index contributed by atoms with van der Waals surface area (Å²) in [6, 6.07) is -0.705. The lowest BCUT2D eigenvalue weighted by atomic mass is 10.0. The molecule has 0 radical (unpaired) electrons. The Hall–Kier alpha value is -2.27. The van der Waals surface area contributed by atoms with Gasteiger partial charge >= 0.3 is 6.09 Å². The minimum Gasteiger partial charge on any atom is -0.496 e.